The fourth-order valence-corrected chi connectivity index (χ4v) is 4.00. The number of rotatable bonds is 7. The number of benzene rings is 1. The molecule has 148 valence electrons. The first-order valence-corrected chi connectivity index (χ1v) is 9.96. The Morgan fingerprint density at radius 1 is 1.22 bits per heavy atom. The van der Waals surface area contributed by atoms with Crippen molar-refractivity contribution in [2.45, 2.75) is 24.7 Å². The number of nitrogens with one attached hydrogen (secondary N) is 1. The third kappa shape index (κ3) is 6.22. The van der Waals surface area contributed by atoms with Gasteiger partial charge >= 0.3 is 6.36 Å². The van der Waals surface area contributed by atoms with E-state index in [2.05, 4.69) is 9.46 Å². The van der Waals surface area contributed by atoms with Gasteiger partial charge < -0.3 is 9.64 Å². The third-order valence-corrected chi connectivity index (χ3v) is 5.98. The molecule has 0 aliphatic heterocycles. The fraction of sp³-hybridized carbons (Fsp3) is 0.312. The summed E-state index contributed by atoms with van der Waals surface area (Å²) in [5.74, 6) is -0.980. The minimum atomic E-state index is -4.86. The number of likely N-dealkylation sites (N-methyl/N-ethyl adjacent to an activating group) is 1. The molecule has 0 unspecified atom stereocenters. The molecule has 0 atom stereocenters. The number of hydrogen-bond acceptors (Lipinski definition) is 5. The van der Waals surface area contributed by atoms with Gasteiger partial charge in [-0.1, -0.05) is 0 Å². The van der Waals surface area contributed by atoms with E-state index in [1.165, 1.54) is 16.2 Å². The predicted octanol–water partition coefficient (Wildman–Crippen LogP) is 2.89. The number of thiophene rings is 1. The number of halogens is 3. The minimum absolute atomic E-state index is 0.276. The molecule has 2 rings (SSSR count). The lowest BCUT2D eigenvalue weighted by molar-refractivity contribution is -0.274. The molecule has 0 bridgehead atoms. The molecule has 1 N–H and O–H groups in total. The number of ether oxygens (including phenoxy) is 1. The average molecular weight is 422 g/mol. The number of carbonyl (C=O) groups excluding carboxylic acids is 1. The summed E-state index contributed by atoms with van der Waals surface area (Å²) in [6, 6.07) is 5.62. The highest BCUT2D eigenvalue weighted by atomic mass is 32.2. The molecule has 1 heterocycles. The number of sulfonamides is 1. The van der Waals surface area contributed by atoms with Crippen LogP contribution in [0.15, 0.2) is 40.6 Å². The van der Waals surface area contributed by atoms with Gasteiger partial charge in [-0.2, -0.15) is 0 Å². The van der Waals surface area contributed by atoms with E-state index in [4.69, 9.17) is 0 Å². The van der Waals surface area contributed by atoms with E-state index in [0.717, 1.165) is 34.7 Å². The van der Waals surface area contributed by atoms with Gasteiger partial charge in [0.2, 0.25) is 15.9 Å². The van der Waals surface area contributed by atoms with E-state index >= 15 is 0 Å². The van der Waals surface area contributed by atoms with Crippen LogP contribution in [0, 0.1) is 6.92 Å². The van der Waals surface area contributed by atoms with Crippen molar-refractivity contribution >= 4 is 27.3 Å². The topological polar surface area (TPSA) is 75.7 Å². The molecular weight excluding hydrogens is 405 g/mol. The van der Waals surface area contributed by atoms with E-state index in [0.29, 0.717) is 6.54 Å². The highest BCUT2D eigenvalue weighted by Crippen LogP contribution is 2.23. The Morgan fingerprint density at radius 3 is 2.37 bits per heavy atom. The van der Waals surface area contributed by atoms with Crippen LogP contribution in [-0.2, 0) is 21.4 Å². The lowest BCUT2D eigenvalue weighted by atomic mass is 10.3. The van der Waals surface area contributed by atoms with Crippen LogP contribution in [0.4, 0.5) is 13.2 Å². The van der Waals surface area contributed by atoms with Crippen LogP contribution >= 0.6 is 11.3 Å². The number of amides is 1. The van der Waals surface area contributed by atoms with Crippen LogP contribution in [0.5, 0.6) is 5.75 Å². The molecule has 2 aromatic rings. The summed E-state index contributed by atoms with van der Waals surface area (Å²) in [6.45, 7) is 1.80. The lowest BCUT2D eigenvalue weighted by Gasteiger charge is -2.17. The summed E-state index contributed by atoms with van der Waals surface area (Å²) in [7, 11) is -2.50. The Kier molecular flexibility index (Phi) is 6.50. The maximum absolute atomic E-state index is 12.2. The molecule has 0 saturated heterocycles. The Labute approximate surface area is 158 Å². The quantitative estimate of drug-likeness (QED) is 0.745. The second-order valence-corrected chi connectivity index (χ2v) is 8.39. The Morgan fingerprint density at radius 2 is 1.85 bits per heavy atom. The molecule has 0 spiro atoms. The fourth-order valence-electron chi connectivity index (χ4n) is 2.07. The van der Waals surface area contributed by atoms with Crippen LogP contribution in [-0.4, -0.2) is 39.2 Å². The van der Waals surface area contributed by atoms with Gasteiger partial charge in [0.15, 0.2) is 0 Å². The van der Waals surface area contributed by atoms with Crippen molar-refractivity contribution in [3.05, 3.63) is 46.2 Å². The summed E-state index contributed by atoms with van der Waals surface area (Å²) in [6.07, 6.45) is -4.86. The van der Waals surface area contributed by atoms with Crippen molar-refractivity contribution in [2.24, 2.45) is 0 Å². The second-order valence-electron chi connectivity index (χ2n) is 5.62. The first-order chi connectivity index (χ1) is 12.5. The summed E-state index contributed by atoms with van der Waals surface area (Å²) in [5.41, 5.74) is 1.04. The van der Waals surface area contributed by atoms with E-state index < -0.39 is 34.6 Å². The Balaban J connectivity index is 1.95. The number of alkyl halides is 3. The number of nitrogens with zero attached hydrogens (tertiary/aromatic N) is 1. The largest absolute Gasteiger partial charge is 0.573 e. The zero-order chi connectivity index (χ0) is 20.2. The highest BCUT2D eigenvalue weighted by Gasteiger charge is 2.31. The van der Waals surface area contributed by atoms with Crippen molar-refractivity contribution in [3.63, 3.8) is 0 Å². The van der Waals surface area contributed by atoms with Crippen molar-refractivity contribution in [1.29, 1.82) is 0 Å². The molecule has 0 radical (unpaired) electrons. The first-order valence-electron chi connectivity index (χ1n) is 7.60. The summed E-state index contributed by atoms with van der Waals surface area (Å²) < 4.78 is 66.6. The minimum Gasteiger partial charge on any atom is -0.406 e. The van der Waals surface area contributed by atoms with Gasteiger partial charge in [0.1, 0.15) is 5.75 Å². The van der Waals surface area contributed by atoms with Crippen molar-refractivity contribution in [1.82, 2.24) is 9.62 Å². The molecule has 0 aliphatic rings. The molecule has 11 heteroatoms. The van der Waals surface area contributed by atoms with Crippen LogP contribution in [0.3, 0.4) is 0 Å². The summed E-state index contributed by atoms with van der Waals surface area (Å²) in [5, 5.41) is 1.90. The number of hydrogen-bond donors (Lipinski definition) is 1. The van der Waals surface area contributed by atoms with Gasteiger partial charge in [-0.3, -0.25) is 4.79 Å². The van der Waals surface area contributed by atoms with Crippen molar-refractivity contribution in [3.8, 4) is 5.75 Å². The lowest BCUT2D eigenvalue weighted by Crippen LogP contribution is -2.37. The second kappa shape index (κ2) is 8.28. The Bertz CT molecular complexity index is 893. The molecule has 1 aromatic heterocycles. The van der Waals surface area contributed by atoms with Crippen molar-refractivity contribution in [2.75, 3.05) is 13.6 Å². The molecule has 0 aliphatic carbocycles. The average Bonchev–Trinajstić information content (AvgIpc) is 2.96. The van der Waals surface area contributed by atoms with Gasteiger partial charge in [-0.15, -0.1) is 24.5 Å². The molecule has 0 fully saturated rings. The molecule has 0 saturated carbocycles. The van der Waals surface area contributed by atoms with Crippen LogP contribution in [0.1, 0.15) is 10.4 Å². The monoisotopic (exact) mass is 422 g/mol. The van der Waals surface area contributed by atoms with Crippen LogP contribution < -0.4 is 9.46 Å². The Hall–Kier alpha value is -2.11. The van der Waals surface area contributed by atoms with Crippen LogP contribution in [0.25, 0.3) is 0 Å². The normalized spacial score (nSPS) is 12.0. The zero-order valence-corrected chi connectivity index (χ0v) is 16.0. The first kappa shape index (κ1) is 21.2. The van der Waals surface area contributed by atoms with Gasteiger partial charge in [-0.05, 0) is 48.2 Å². The molecule has 1 amide bonds. The maximum atomic E-state index is 12.2. The highest BCUT2D eigenvalue weighted by molar-refractivity contribution is 7.89. The SMILES string of the molecule is Cc1ccsc1CN(C)C(=O)CNS(=O)(=O)c1ccc(OC(F)(F)F)cc1. The summed E-state index contributed by atoms with van der Waals surface area (Å²) >= 11 is 1.50. The third-order valence-electron chi connectivity index (χ3n) is 3.56. The zero-order valence-electron chi connectivity index (χ0n) is 14.4. The van der Waals surface area contributed by atoms with Gasteiger partial charge in [0.25, 0.3) is 0 Å². The molecule has 6 nitrogen and oxygen atoms in total. The smallest absolute Gasteiger partial charge is 0.406 e. The van der Waals surface area contributed by atoms with Gasteiger partial charge in [-0.25, -0.2) is 13.1 Å². The van der Waals surface area contributed by atoms with E-state index in [1.54, 1.807) is 7.05 Å². The molecular formula is C16H17F3N2O4S2. The van der Waals surface area contributed by atoms with Crippen molar-refractivity contribution < 1.29 is 31.1 Å². The number of aryl methyl sites for hydroxylation is 1. The molecule has 1 aromatic carbocycles. The van der Waals surface area contributed by atoms with Gasteiger partial charge in [0.05, 0.1) is 18.0 Å². The van der Waals surface area contributed by atoms with E-state index in [-0.39, 0.29) is 4.90 Å². The molecule has 27 heavy (non-hydrogen) atoms. The van der Waals surface area contributed by atoms with E-state index in [9.17, 15) is 26.4 Å². The van der Waals surface area contributed by atoms with Crippen LogP contribution in [0.2, 0.25) is 0 Å². The summed E-state index contributed by atoms with van der Waals surface area (Å²) in [4.78, 5) is 14.2. The number of carbonyl (C=O) groups is 1. The van der Waals surface area contributed by atoms with Gasteiger partial charge in [0, 0.05) is 11.9 Å². The maximum Gasteiger partial charge on any atom is 0.573 e. The predicted molar refractivity (Wildman–Crippen MR) is 93.8 cm³/mol. The standard InChI is InChI=1S/C16H17F3N2O4S2/c1-11-7-8-26-14(11)10-21(2)15(22)9-20-27(23,24)13-5-3-12(4-6-13)25-16(17,18)19/h3-8,20H,9-10H2,1-2H3. The van der Waals surface area contributed by atoms with E-state index in [1.807, 2.05) is 18.4 Å².